The number of halogens is 1. The van der Waals surface area contributed by atoms with Gasteiger partial charge in [0.05, 0.1) is 0 Å². The Morgan fingerprint density at radius 1 is 1.54 bits per heavy atom. The average molecular weight is 213 g/mol. The van der Waals surface area contributed by atoms with Crippen LogP contribution in [0.5, 0.6) is 0 Å². The van der Waals surface area contributed by atoms with Gasteiger partial charge in [-0.15, -0.1) is 0 Å². The fraction of sp³-hybridized carbons (Fsp3) is 0.833. The summed E-state index contributed by atoms with van der Waals surface area (Å²) in [6.45, 7) is 0. The Morgan fingerprint density at radius 3 is 2.31 bits per heavy atom. The summed E-state index contributed by atoms with van der Waals surface area (Å²) in [5, 5.41) is 0. The maximum absolute atomic E-state index is 12.6. The zero-order chi connectivity index (χ0) is 10.6. The molecule has 0 aliphatic heterocycles. The lowest BCUT2D eigenvalue weighted by Gasteiger charge is -2.12. The van der Waals surface area contributed by atoms with E-state index in [1.54, 1.807) is 0 Å². The van der Waals surface area contributed by atoms with Crippen LogP contribution in [-0.4, -0.2) is 40.6 Å². The first kappa shape index (κ1) is 12.6. The number of hydrogen-bond donors (Lipinski definition) is 2. The van der Waals surface area contributed by atoms with Crippen molar-refractivity contribution in [3.8, 4) is 0 Å². The molecule has 7 heteroatoms. The number of carbonyl (C=O) groups is 1. The number of amides is 1. The Hall–Kier alpha value is -0.450. The molecule has 0 fully saturated rings. The molecule has 5 nitrogen and oxygen atoms in total. The predicted octanol–water partition coefficient (Wildman–Crippen LogP) is 0.328. The van der Waals surface area contributed by atoms with Crippen molar-refractivity contribution in [1.82, 2.24) is 4.90 Å². The summed E-state index contributed by atoms with van der Waals surface area (Å²) < 4.78 is 22.9. The molecule has 13 heavy (non-hydrogen) atoms. The minimum Gasteiger partial charge on any atom is -0.349 e. The Kier molecular flexibility index (Phi) is 4.53. The Bertz CT molecular complexity index is 227. The predicted molar refractivity (Wildman–Crippen MR) is 44.9 cm³/mol. The smallest absolute Gasteiger partial charge is 0.349 e. The highest BCUT2D eigenvalue weighted by Gasteiger charge is 2.28. The largest absolute Gasteiger partial charge is 0.359 e. The van der Waals surface area contributed by atoms with Gasteiger partial charge >= 0.3 is 7.60 Å². The highest BCUT2D eigenvalue weighted by Crippen LogP contribution is 2.44. The molecule has 1 atom stereocenters. The molecule has 0 spiro atoms. The third kappa shape index (κ3) is 4.98. The van der Waals surface area contributed by atoms with Gasteiger partial charge in [-0.05, 0) is 6.42 Å². The minimum atomic E-state index is -4.68. The monoisotopic (exact) mass is 213 g/mol. The second-order valence-corrected chi connectivity index (χ2v) is 4.59. The van der Waals surface area contributed by atoms with Crippen molar-refractivity contribution in [3.05, 3.63) is 0 Å². The molecule has 1 unspecified atom stereocenters. The first-order chi connectivity index (χ1) is 5.75. The van der Waals surface area contributed by atoms with Crippen LogP contribution in [-0.2, 0) is 9.36 Å². The lowest BCUT2D eigenvalue weighted by Crippen LogP contribution is -2.22. The van der Waals surface area contributed by atoms with Gasteiger partial charge in [0.1, 0.15) is 0 Å². The van der Waals surface area contributed by atoms with E-state index in [0.717, 1.165) is 0 Å². The first-order valence-corrected chi connectivity index (χ1v) is 5.32. The van der Waals surface area contributed by atoms with Crippen molar-refractivity contribution >= 4 is 13.5 Å². The molecule has 0 aliphatic carbocycles. The Morgan fingerprint density at radius 2 is 2.00 bits per heavy atom. The quantitative estimate of drug-likeness (QED) is 0.659. The molecule has 0 saturated carbocycles. The number of alkyl halides is 1. The van der Waals surface area contributed by atoms with Gasteiger partial charge in [-0.3, -0.25) is 9.36 Å². The standard InChI is InChI=1S/C6H13FNO4P/c1-8(2)6(9)4-3-5(7)13(10,11)12/h5H,3-4H2,1-2H3,(H2,10,11,12). The van der Waals surface area contributed by atoms with E-state index in [9.17, 15) is 13.8 Å². The van der Waals surface area contributed by atoms with E-state index in [1.165, 1.54) is 19.0 Å². The number of carbonyl (C=O) groups excluding carboxylic acids is 1. The molecule has 0 heterocycles. The molecule has 0 radical (unpaired) electrons. The van der Waals surface area contributed by atoms with Crippen LogP contribution in [0.1, 0.15) is 12.8 Å². The molecule has 0 aliphatic rings. The van der Waals surface area contributed by atoms with Crippen LogP contribution >= 0.6 is 7.60 Å². The first-order valence-electron chi connectivity index (χ1n) is 3.64. The molecule has 0 aromatic carbocycles. The fourth-order valence-corrected chi connectivity index (χ4v) is 1.10. The lowest BCUT2D eigenvalue weighted by molar-refractivity contribution is -0.128. The van der Waals surface area contributed by atoms with Crippen molar-refractivity contribution in [2.45, 2.75) is 18.8 Å². The molecule has 0 saturated heterocycles. The van der Waals surface area contributed by atoms with E-state index >= 15 is 0 Å². The number of rotatable bonds is 4. The summed E-state index contributed by atoms with van der Waals surface area (Å²) in [5.74, 6) is -2.59. The summed E-state index contributed by atoms with van der Waals surface area (Å²) in [4.78, 5) is 28.8. The highest BCUT2D eigenvalue weighted by molar-refractivity contribution is 7.52. The van der Waals surface area contributed by atoms with E-state index in [1.807, 2.05) is 0 Å². The van der Waals surface area contributed by atoms with E-state index in [2.05, 4.69) is 0 Å². The van der Waals surface area contributed by atoms with Gasteiger partial charge in [-0.25, -0.2) is 4.39 Å². The summed E-state index contributed by atoms with van der Waals surface area (Å²) in [7, 11) is -1.69. The summed E-state index contributed by atoms with van der Waals surface area (Å²) in [5.41, 5.74) is 0. The van der Waals surface area contributed by atoms with Gasteiger partial charge in [-0.2, -0.15) is 0 Å². The third-order valence-electron chi connectivity index (χ3n) is 1.46. The maximum Gasteiger partial charge on any atom is 0.359 e. The van der Waals surface area contributed by atoms with Crippen LogP contribution in [0.25, 0.3) is 0 Å². The van der Waals surface area contributed by atoms with E-state index < -0.39 is 19.9 Å². The van der Waals surface area contributed by atoms with Gasteiger partial charge in [0.15, 0.2) is 0 Å². The van der Waals surface area contributed by atoms with E-state index in [0.29, 0.717) is 0 Å². The van der Waals surface area contributed by atoms with Crippen LogP contribution in [0.4, 0.5) is 4.39 Å². The van der Waals surface area contributed by atoms with Crippen molar-refractivity contribution in [2.24, 2.45) is 0 Å². The van der Waals surface area contributed by atoms with Crippen LogP contribution < -0.4 is 0 Å². The third-order valence-corrected chi connectivity index (χ3v) is 2.45. The van der Waals surface area contributed by atoms with Gasteiger partial charge < -0.3 is 14.7 Å². The molecule has 2 N–H and O–H groups in total. The SMILES string of the molecule is CN(C)C(=O)CCC(F)P(=O)(O)O. The van der Waals surface area contributed by atoms with Gasteiger partial charge in [-0.1, -0.05) is 0 Å². The maximum atomic E-state index is 12.6. The summed E-state index contributed by atoms with van der Waals surface area (Å²) in [6.07, 6.45) is -0.638. The van der Waals surface area contributed by atoms with Crippen molar-refractivity contribution in [3.63, 3.8) is 0 Å². The van der Waals surface area contributed by atoms with Crippen LogP contribution in [0.15, 0.2) is 0 Å². The van der Waals surface area contributed by atoms with E-state index in [4.69, 9.17) is 9.79 Å². The molecular formula is C6H13FNO4P. The van der Waals surface area contributed by atoms with Gasteiger partial charge in [0.25, 0.3) is 0 Å². The highest BCUT2D eigenvalue weighted by atomic mass is 31.2. The fourth-order valence-electron chi connectivity index (χ4n) is 0.634. The topological polar surface area (TPSA) is 77.8 Å². The molecule has 1 amide bonds. The van der Waals surface area contributed by atoms with E-state index in [-0.39, 0.29) is 12.3 Å². The second-order valence-electron chi connectivity index (χ2n) is 2.85. The second kappa shape index (κ2) is 4.69. The summed E-state index contributed by atoms with van der Waals surface area (Å²) in [6, 6.07) is 0. The zero-order valence-electron chi connectivity index (χ0n) is 7.47. The minimum absolute atomic E-state index is 0.195. The molecule has 0 aromatic rings. The van der Waals surface area contributed by atoms with Crippen molar-refractivity contribution in [1.29, 1.82) is 0 Å². The molecule has 0 aromatic heterocycles. The van der Waals surface area contributed by atoms with Crippen LogP contribution in [0.2, 0.25) is 0 Å². The molecule has 78 valence electrons. The molecule has 0 rings (SSSR count). The van der Waals surface area contributed by atoms with Gasteiger partial charge in [0, 0.05) is 20.5 Å². The Labute approximate surface area is 75.7 Å². The normalized spacial score (nSPS) is 13.9. The lowest BCUT2D eigenvalue weighted by atomic mass is 10.3. The Balaban J connectivity index is 3.91. The number of nitrogens with zero attached hydrogens (tertiary/aromatic N) is 1. The van der Waals surface area contributed by atoms with Gasteiger partial charge in [0.2, 0.25) is 11.8 Å². The number of hydrogen-bond acceptors (Lipinski definition) is 2. The molecule has 0 bridgehead atoms. The van der Waals surface area contributed by atoms with Crippen LogP contribution in [0.3, 0.4) is 0 Å². The zero-order valence-corrected chi connectivity index (χ0v) is 8.37. The van der Waals surface area contributed by atoms with Crippen molar-refractivity contribution < 1.29 is 23.5 Å². The van der Waals surface area contributed by atoms with Crippen LogP contribution in [0, 0.1) is 0 Å². The van der Waals surface area contributed by atoms with Crippen molar-refractivity contribution in [2.75, 3.05) is 14.1 Å². The molecular weight excluding hydrogens is 200 g/mol. The average Bonchev–Trinajstić information content (AvgIpc) is 1.97. The summed E-state index contributed by atoms with van der Waals surface area (Å²) >= 11 is 0.